The summed E-state index contributed by atoms with van der Waals surface area (Å²) < 4.78 is 37.9. The van der Waals surface area contributed by atoms with E-state index in [2.05, 4.69) is 31.9 Å². The average molecular weight is 546 g/mol. The van der Waals surface area contributed by atoms with Gasteiger partial charge in [-0.05, 0) is 31.7 Å². The molecule has 0 atom stereocenters. The minimum Gasteiger partial charge on any atom is -0.716 e. The number of fused-ring (bicyclic) bond motifs is 2. The maximum atomic E-state index is 12.4. The van der Waals surface area contributed by atoms with Gasteiger partial charge in [0.1, 0.15) is 0 Å². The van der Waals surface area contributed by atoms with Crippen molar-refractivity contribution >= 4 is 22.0 Å². The molecular weight excluding hydrogens is 502 g/mol. The summed E-state index contributed by atoms with van der Waals surface area (Å²) in [4.78, 5) is 24.8. The van der Waals surface area contributed by atoms with Gasteiger partial charge in [0.25, 0.3) is 10.4 Å². The van der Waals surface area contributed by atoms with Crippen LogP contribution in [0.2, 0.25) is 0 Å². The number of carbonyl (C=O) groups is 2. The lowest BCUT2D eigenvalue weighted by Crippen LogP contribution is -2.50. The molecule has 0 aromatic heterocycles. The Kier molecular flexibility index (Phi) is 12.6. The van der Waals surface area contributed by atoms with E-state index in [1.165, 1.54) is 106 Å². The Hall–Kier alpha value is -2.55. The molecule has 0 saturated heterocycles. The highest BCUT2D eigenvalue weighted by molar-refractivity contribution is 7.81. The number of benzene rings is 2. The maximum Gasteiger partial charge on any atom is 0.262 e. The van der Waals surface area contributed by atoms with Crippen LogP contribution in [0.15, 0.2) is 42.5 Å². The Morgan fingerprint density at radius 3 is 1.50 bits per heavy atom. The molecule has 0 unspecified atom stereocenters. The van der Waals surface area contributed by atoms with E-state index in [1.807, 2.05) is 0 Å². The van der Waals surface area contributed by atoms with Gasteiger partial charge < -0.3 is 13.2 Å². The standard InChI is InChI=1S/C16H36N.C14H8O6S/c1-5-9-13-17(14-10-6-2,15-11-7-3)16-12-8-4;15-13-8-4-1-2-5-9(8)14(16)12-10(13)6-3-7-11(12)20-21(17,18)19/h5-16H2,1-4H3;1-7H,(H,17,18,19)/q+1;/p-1. The lowest BCUT2D eigenvalue weighted by Gasteiger charge is -2.39. The van der Waals surface area contributed by atoms with E-state index in [1.54, 1.807) is 12.1 Å². The fourth-order valence-electron chi connectivity index (χ4n) is 4.94. The Morgan fingerprint density at radius 2 is 1.08 bits per heavy atom. The number of quaternary nitrogens is 1. The highest BCUT2D eigenvalue weighted by Gasteiger charge is 2.32. The van der Waals surface area contributed by atoms with Gasteiger partial charge >= 0.3 is 0 Å². The van der Waals surface area contributed by atoms with Crippen LogP contribution in [0.1, 0.15) is 111 Å². The van der Waals surface area contributed by atoms with Crippen LogP contribution in [0, 0.1) is 0 Å². The van der Waals surface area contributed by atoms with E-state index in [0.717, 1.165) is 6.07 Å². The van der Waals surface area contributed by atoms with E-state index in [-0.39, 0.29) is 22.3 Å². The summed E-state index contributed by atoms with van der Waals surface area (Å²) in [5, 5.41) is 0. The second-order valence-electron chi connectivity index (χ2n) is 10.0. The highest BCUT2D eigenvalue weighted by atomic mass is 32.3. The minimum atomic E-state index is -5.04. The molecule has 1 aliphatic carbocycles. The van der Waals surface area contributed by atoms with Gasteiger partial charge in [0.05, 0.1) is 31.7 Å². The van der Waals surface area contributed by atoms with Crippen LogP contribution in [0.5, 0.6) is 5.75 Å². The predicted octanol–water partition coefficient (Wildman–Crippen LogP) is 6.30. The second-order valence-corrected chi connectivity index (χ2v) is 11.0. The van der Waals surface area contributed by atoms with Crippen molar-refractivity contribution in [2.75, 3.05) is 26.2 Å². The third-order valence-electron chi connectivity index (χ3n) is 7.05. The normalized spacial score (nSPS) is 12.9. The first kappa shape index (κ1) is 31.7. The zero-order chi connectivity index (χ0) is 28.2. The van der Waals surface area contributed by atoms with Crippen molar-refractivity contribution in [3.63, 3.8) is 0 Å². The summed E-state index contributed by atoms with van der Waals surface area (Å²) in [5.74, 6) is -1.41. The van der Waals surface area contributed by atoms with Gasteiger partial charge in [-0.1, -0.05) is 89.8 Å². The zero-order valence-electron chi connectivity index (χ0n) is 23.3. The predicted molar refractivity (Wildman–Crippen MR) is 149 cm³/mol. The summed E-state index contributed by atoms with van der Waals surface area (Å²) >= 11 is 0. The summed E-state index contributed by atoms with van der Waals surface area (Å²) in [6, 6.07) is 10.1. The van der Waals surface area contributed by atoms with E-state index in [0.29, 0.717) is 0 Å². The monoisotopic (exact) mass is 545 g/mol. The molecule has 0 spiro atoms. The number of ketones is 2. The molecule has 0 amide bonds. The summed E-state index contributed by atoms with van der Waals surface area (Å²) in [5.41, 5.74) is 0.187. The van der Waals surface area contributed by atoms with E-state index < -0.39 is 27.7 Å². The van der Waals surface area contributed by atoms with Crippen molar-refractivity contribution in [2.45, 2.75) is 79.1 Å². The van der Waals surface area contributed by atoms with Gasteiger partial charge in [-0.2, -0.15) is 0 Å². The van der Waals surface area contributed by atoms with Crippen LogP contribution in [0.3, 0.4) is 0 Å². The SMILES string of the molecule is CCCC[N+](CCCC)(CCCC)CCCC.O=C1c2ccccc2C(=O)c2c(OS(=O)(=O)[O-])cccc21. The molecule has 38 heavy (non-hydrogen) atoms. The van der Waals surface area contributed by atoms with Crippen LogP contribution in [0.25, 0.3) is 0 Å². The third-order valence-corrected chi connectivity index (χ3v) is 7.43. The van der Waals surface area contributed by atoms with Crippen LogP contribution < -0.4 is 4.18 Å². The van der Waals surface area contributed by atoms with Crippen LogP contribution in [-0.2, 0) is 10.4 Å². The fraction of sp³-hybridized carbons (Fsp3) is 0.533. The van der Waals surface area contributed by atoms with Crippen LogP contribution in [-0.4, -0.2) is 55.2 Å². The van der Waals surface area contributed by atoms with E-state index >= 15 is 0 Å². The van der Waals surface area contributed by atoms with Crippen molar-refractivity contribution in [3.05, 3.63) is 64.7 Å². The fourth-order valence-corrected chi connectivity index (χ4v) is 5.30. The van der Waals surface area contributed by atoms with E-state index in [9.17, 15) is 22.6 Å². The number of rotatable bonds is 14. The Labute approximate surface area is 228 Å². The first-order chi connectivity index (χ1) is 18.1. The molecular formula is C30H43NO6S. The zero-order valence-corrected chi connectivity index (χ0v) is 24.1. The van der Waals surface area contributed by atoms with Crippen molar-refractivity contribution in [1.29, 1.82) is 0 Å². The first-order valence-corrected chi connectivity index (χ1v) is 15.3. The summed E-state index contributed by atoms with van der Waals surface area (Å²) in [7, 11) is -5.04. The Bertz CT molecular complexity index is 1140. The van der Waals surface area contributed by atoms with Crippen LogP contribution in [0.4, 0.5) is 0 Å². The topological polar surface area (TPSA) is 101 Å². The van der Waals surface area contributed by atoms with Gasteiger partial charge in [0.2, 0.25) is 0 Å². The second kappa shape index (κ2) is 15.1. The van der Waals surface area contributed by atoms with Gasteiger partial charge in [0.15, 0.2) is 17.3 Å². The molecule has 3 rings (SSSR count). The lowest BCUT2D eigenvalue weighted by atomic mass is 9.84. The smallest absolute Gasteiger partial charge is 0.262 e. The molecule has 0 heterocycles. The van der Waals surface area contributed by atoms with Crippen molar-refractivity contribution in [3.8, 4) is 5.75 Å². The van der Waals surface area contributed by atoms with Crippen LogP contribution >= 0.6 is 0 Å². The molecule has 2 aromatic carbocycles. The highest BCUT2D eigenvalue weighted by Crippen LogP contribution is 2.33. The molecule has 210 valence electrons. The number of hydrogen-bond donors (Lipinski definition) is 0. The maximum absolute atomic E-state index is 12.4. The Balaban J connectivity index is 0.000000275. The molecule has 8 heteroatoms. The molecule has 0 N–H and O–H groups in total. The van der Waals surface area contributed by atoms with Crippen molar-refractivity contribution < 1.29 is 31.2 Å². The molecule has 0 aliphatic heterocycles. The number of nitrogens with zero attached hydrogens (tertiary/aromatic N) is 1. The molecule has 0 saturated carbocycles. The third kappa shape index (κ3) is 8.75. The van der Waals surface area contributed by atoms with Crippen molar-refractivity contribution in [1.82, 2.24) is 0 Å². The summed E-state index contributed by atoms with van der Waals surface area (Å²) in [6.07, 6.45) is 11.1. The molecule has 7 nitrogen and oxygen atoms in total. The largest absolute Gasteiger partial charge is 0.716 e. The average Bonchev–Trinajstić information content (AvgIpc) is 2.90. The summed E-state index contributed by atoms with van der Waals surface area (Å²) in [6.45, 7) is 15.0. The van der Waals surface area contributed by atoms with Crippen molar-refractivity contribution in [2.24, 2.45) is 0 Å². The Morgan fingerprint density at radius 1 is 0.658 bits per heavy atom. The molecule has 1 aliphatic rings. The van der Waals surface area contributed by atoms with Gasteiger partial charge in [-0.3, -0.25) is 9.59 Å². The molecule has 0 radical (unpaired) electrons. The lowest BCUT2D eigenvalue weighted by molar-refractivity contribution is -0.929. The van der Waals surface area contributed by atoms with Gasteiger partial charge in [0, 0.05) is 16.7 Å². The molecule has 0 bridgehead atoms. The first-order valence-electron chi connectivity index (χ1n) is 13.9. The quantitative estimate of drug-likeness (QED) is 0.134. The number of hydrogen-bond acceptors (Lipinski definition) is 6. The molecule has 2 aromatic rings. The minimum absolute atomic E-state index is 0.0138. The number of carbonyl (C=O) groups excluding carboxylic acids is 2. The van der Waals surface area contributed by atoms with E-state index in [4.69, 9.17) is 0 Å². The van der Waals surface area contributed by atoms with Gasteiger partial charge in [-0.25, -0.2) is 8.42 Å². The molecule has 0 fully saturated rings. The van der Waals surface area contributed by atoms with Gasteiger partial charge in [-0.15, -0.1) is 0 Å². The number of unbranched alkanes of at least 4 members (excludes halogenated alkanes) is 4.